The van der Waals surface area contributed by atoms with E-state index in [4.69, 9.17) is 5.84 Å². The molecule has 32 heavy (non-hydrogen) atoms. The highest BCUT2D eigenvalue weighted by atomic mass is 32.2. The number of aromatic nitrogens is 2. The Morgan fingerprint density at radius 2 is 1.81 bits per heavy atom. The third-order valence-corrected chi connectivity index (χ3v) is 7.38. The van der Waals surface area contributed by atoms with Gasteiger partial charge in [0.15, 0.2) is 5.16 Å². The molecule has 0 aliphatic rings. The summed E-state index contributed by atoms with van der Waals surface area (Å²) in [5, 5.41) is 3.31. The summed E-state index contributed by atoms with van der Waals surface area (Å²) >= 11 is 1.19. The first kappa shape index (κ1) is 23.6. The molecule has 0 fully saturated rings. The lowest BCUT2D eigenvalue weighted by Crippen LogP contribution is -2.23. The van der Waals surface area contributed by atoms with Crippen molar-refractivity contribution in [3.63, 3.8) is 0 Å². The molecule has 1 heterocycles. The van der Waals surface area contributed by atoms with Crippen molar-refractivity contribution in [2.75, 3.05) is 50.0 Å². The van der Waals surface area contributed by atoms with E-state index < -0.39 is 10.0 Å². The first-order valence-electron chi connectivity index (χ1n) is 9.66. The molecule has 0 saturated heterocycles. The highest BCUT2D eigenvalue weighted by Gasteiger charge is 2.20. The van der Waals surface area contributed by atoms with Gasteiger partial charge in [-0.05, 0) is 18.2 Å². The summed E-state index contributed by atoms with van der Waals surface area (Å²) in [6.07, 6.45) is 1.70. The molecule has 3 rings (SSSR count). The Balaban J connectivity index is 1.76. The normalized spacial score (nSPS) is 11.5. The zero-order valence-corrected chi connectivity index (χ0v) is 19.9. The van der Waals surface area contributed by atoms with Crippen LogP contribution in [0, 0.1) is 0 Å². The Kier molecular flexibility index (Phi) is 7.12. The fourth-order valence-electron chi connectivity index (χ4n) is 2.92. The van der Waals surface area contributed by atoms with Crippen molar-refractivity contribution in [3.8, 4) is 11.3 Å². The number of anilines is 2. The zero-order chi connectivity index (χ0) is 23.5. The molecule has 11 heteroatoms. The number of nitrogens with two attached hydrogens (primary N) is 1. The van der Waals surface area contributed by atoms with Gasteiger partial charge in [-0.2, -0.15) is 0 Å². The molecule has 0 saturated carbocycles. The van der Waals surface area contributed by atoms with Gasteiger partial charge in [-0.25, -0.2) is 22.4 Å². The second kappa shape index (κ2) is 9.63. The standard InChI is InChI=1S/C21H26N6O3S2/c1-25(2)19-11-10-16(32(29,30)26(3)4)12-17(19)23-20(28)14-31-21-24-18(13-27(21)22)15-8-6-5-7-9-15/h5-13H,14,22H2,1-4H3,(H,23,28). The number of nitrogens with one attached hydrogen (secondary N) is 1. The molecule has 0 aliphatic heterocycles. The molecular formula is C21H26N6O3S2. The molecule has 0 spiro atoms. The molecule has 0 bridgehead atoms. The summed E-state index contributed by atoms with van der Waals surface area (Å²) < 4.78 is 27.5. The van der Waals surface area contributed by atoms with Crippen molar-refractivity contribution >= 4 is 39.1 Å². The number of nitrogen functional groups attached to an aromatic ring is 1. The predicted octanol–water partition coefficient (Wildman–Crippen LogP) is 2.31. The van der Waals surface area contributed by atoms with E-state index in [0.717, 1.165) is 9.87 Å². The second-order valence-electron chi connectivity index (χ2n) is 7.38. The Morgan fingerprint density at radius 3 is 2.44 bits per heavy atom. The van der Waals surface area contributed by atoms with Crippen LogP contribution < -0.4 is 16.1 Å². The third kappa shape index (κ3) is 5.23. The minimum atomic E-state index is -3.63. The number of benzene rings is 2. The number of amides is 1. The highest BCUT2D eigenvalue weighted by molar-refractivity contribution is 7.99. The smallest absolute Gasteiger partial charge is 0.242 e. The van der Waals surface area contributed by atoms with Crippen molar-refractivity contribution in [1.29, 1.82) is 0 Å². The fourth-order valence-corrected chi connectivity index (χ4v) is 4.55. The van der Waals surface area contributed by atoms with Crippen molar-refractivity contribution < 1.29 is 13.2 Å². The quantitative estimate of drug-likeness (QED) is 0.380. The average molecular weight is 475 g/mol. The highest BCUT2D eigenvalue weighted by Crippen LogP contribution is 2.29. The Morgan fingerprint density at radius 1 is 1.12 bits per heavy atom. The van der Waals surface area contributed by atoms with E-state index in [0.29, 0.717) is 22.2 Å². The van der Waals surface area contributed by atoms with Crippen LogP contribution in [0.25, 0.3) is 11.3 Å². The van der Waals surface area contributed by atoms with Gasteiger partial charge >= 0.3 is 0 Å². The van der Waals surface area contributed by atoms with E-state index in [1.54, 1.807) is 17.2 Å². The van der Waals surface area contributed by atoms with Crippen LogP contribution in [0.4, 0.5) is 11.4 Å². The van der Waals surface area contributed by atoms with E-state index in [9.17, 15) is 13.2 Å². The summed E-state index contributed by atoms with van der Waals surface area (Å²) in [6.45, 7) is 0. The predicted molar refractivity (Wildman–Crippen MR) is 129 cm³/mol. The van der Waals surface area contributed by atoms with Gasteiger partial charge in [0, 0.05) is 33.8 Å². The van der Waals surface area contributed by atoms with Crippen LogP contribution in [0.5, 0.6) is 0 Å². The van der Waals surface area contributed by atoms with Crippen LogP contribution >= 0.6 is 11.8 Å². The van der Waals surface area contributed by atoms with E-state index in [-0.39, 0.29) is 16.6 Å². The minimum absolute atomic E-state index is 0.0555. The maximum Gasteiger partial charge on any atom is 0.242 e. The van der Waals surface area contributed by atoms with Crippen molar-refractivity contribution in [3.05, 3.63) is 54.7 Å². The summed E-state index contributed by atoms with van der Waals surface area (Å²) in [6, 6.07) is 14.3. The first-order valence-corrected chi connectivity index (χ1v) is 12.1. The van der Waals surface area contributed by atoms with Crippen LogP contribution in [0.15, 0.2) is 64.8 Å². The van der Waals surface area contributed by atoms with Gasteiger partial charge in [0.1, 0.15) is 0 Å². The third-order valence-electron chi connectivity index (χ3n) is 4.60. The lowest BCUT2D eigenvalue weighted by atomic mass is 10.2. The number of rotatable bonds is 8. The van der Waals surface area contributed by atoms with Crippen LogP contribution in [-0.2, 0) is 14.8 Å². The molecule has 0 unspecified atom stereocenters. The first-order chi connectivity index (χ1) is 15.1. The molecule has 170 valence electrons. The molecule has 9 nitrogen and oxygen atoms in total. The maximum atomic E-state index is 12.7. The Bertz CT molecular complexity index is 1210. The Labute approximate surface area is 192 Å². The SMILES string of the molecule is CN(C)c1ccc(S(=O)(=O)N(C)C)cc1NC(=O)CSc1nc(-c2ccccc2)cn1N. The van der Waals surface area contributed by atoms with Crippen LogP contribution in [0.2, 0.25) is 0 Å². The summed E-state index contributed by atoms with van der Waals surface area (Å²) in [7, 11) is 2.92. The van der Waals surface area contributed by atoms with Gasteiger partial charge in [0.05, 0.1) is 33.9 Å². The molecule has 3 N–H and O–H groups in total. The van der Waals surface area contributed by atoms with Gasteiger partial charge in [0.25, 0.3) is 0 Å². The van der Waals surface area contributed by atoms with E-state index >= 15 is 0 Å². The molecule has 1 amide bonds. The maximum absolute atomic E-state index is 12.7. The molecule has 2 aromatic carbocycles. The number of imidazole rings is 1. The molecule has 0 atom stereocenters. The minimum Gasteiger partial charge on any atom is -0.376 e. The summed E-state index contributed by atoms with van der Waals surface area (Å²) in [4.78, 5) is 19.1. The Hall–Kier alpha value is -3.02. The zero-order valence-electron chi connectivity index (χ0n) is 18.3. The van der Waals surface area contributed by atoms with E-state index in [1.165, 1.54) is 42.7 Å². The van der Waals surface area contributed by atoms with Crippen LogP contribution in [0.3, 0.4) is 0 Å². The van der Waals surface area contributed by atoms with Crippen molar-refractivity contribution in [1.82, 2.24) is 14.0 Å². The number of carbonyl (C=O) groups excluding carboxylic acids is 1. The molecule has 1 aromatic heterocycles. The number of nitrogens with zero attached hydrogens (tertiary/aromatic N) is 4. The number of carbonyl (C=O) groups is 1. The summed E-state index contributed by atoms with van der Waals surface area (Å²) in [5.74, 6) is 5.75. The molecule has 0 aliphatic carbocycles. The number of sulfonamides is 1. The van der Waals surface area contributed by atoms with Crippen molar-refractivity contribution in [2.45, 2.75) is 10.1 Å². The molecular weight excluding hydrogens is 448 g/mol. The number of thioether (sulfide) groups is 1. The average Bonchev–Trinajstić information content (AvgIpc) is 3.13. The van der Waals surface area contributed by atoms with Gasteiger partial charge < -0.3 is 16.1 Å². The fraction of sp³-hybridized carbons (Fsp3) is 0.238. The van der Waals surface area contributed by atoms with Gasteiger partial charge in [0.2, 0.25) is 15.9 Å². The molecule has 0 radical (unpaired) electrons. The van der Waals surface area contributed by atoms with Gasteiger partial charge in [-0.3, -0.25) is 4.79 Å². The monoisotopic (exact) mass is 474 g/mol. The van der Waals surface area contributed by atoms with Crippen LogP contribution in [0.1, 0.15) is 0 Å². The molecule has 3 aromatic rings. The summed E-state index contributed by atoms with van der Waals surface area (Å²) in [5.41, 5.74) is 2.74. The van der Waals surface area contributed by atoms with Gasteiger partial charge in [-0.1, -0.05) is 42.1 Å². The number of hydrogen-bond acceptors (Lipinski definition) is 7. The second-order valence-corrected chi connectivity index (χ2v) is 10.5. The lowest BCUT2D eigenvalue weighted by Gasteiger charge is -2.20. The largest absolute Gasteiger partial charge is 0.376 e. The van der Waals surface area contributed by atoms with Crippen LogP contribution in [-0.4, -0.2) is 62.2 Å². The number of hydrogen-bond donors (Lipinski definition) is 2. The van der Waals surface area contributed by atoms with E-state index in [2.05, 4.69) is 10.3 Å². The lowest BCUT2D eigenvalue weighted by molar-refractivity contribution is -0.113. The van der Waals surface area contributed by atoms with E-state index in [1.807, 2.05) is 44.4 Å². The topological polar surface area (TPSA) is 114 Å². The van der Waals surface area contributed by atoms with Crippen molar-refractivity contribution in [2.24, 2.45) is 0 Å². The van der Waals surface area contributed by atoms with Gasteiger partial charge in [-0.15, -0.1) is 0 Å².